The number of hydrogen-bond acceptors (Lipinski definition) is 4. The standard InChI is InChI=1S/C21H28ClN3O5/c1-11(2)16(24-18(26)13-7-5-6-8-14(13)22)19(27)23-15-9-10-25(20(15)28)17(12(3)4)21(29)30/h5-8,11-12,15-17H,9-10H2,1-4H3,(H,23,27)(H,24,26)(H,29,30). The van der Waals surface area contributed by atoms with E-state index in [0.717, 1.165) is 0 Å². The number of halogens is 1. The van der Waals surface area contributed by atoms with E-state index in [9.17, 15) is 24.3 Å². The fourth-order valence-corrected chi connectivity index (χ4v) is 3.77. The van der Waals surface area contributed by atoms with Crippen LogP contribution in [0.25, 0.3) is 0 Å². The lowest BCUT2D eigenvalue weighted by Gasteiger charge is -2.28. The fraction of sp³-hybridized carbons (Fsp3) is 0.524. The largest absolute Gasteiger partial charge is 0.480 e. The Morgan fingerprint density at radius 1 is 1.13 bits per heavy atom. The Labute approximate surface area is 181 Å². The summed E-state index contributed by atoms with van der Waals surface area (Å²) in [5, 5.41) is 15.1. The van der Waals surface area contributed by atoms with Gasteiger partial charge in [-0.3, -0.25) is 14.4 Å². The predicted octanol–water partition coefficient (Wildman–Crippen LogP) is 1.92. The van der Waals surface area contributed by atoms with E-state index in [-0.39, 0.29) is 29.0 Å². The molecule has 0 radical (unpaired) electrons. The molecule has 9 heteroatoms. The number of likely N-dealkylation sites (tertiary alicyclic amines) is 1. The molecule has 2 rings (SSSR count). The molecule has 0 bridgehead atoms. The van der Waals surface area contributed by atoms with Crippen molar-refractivity contribution in [2.75, 3.05) is 6.54 Å². The minimum absolute atomic E-state index is 0.244. The van der Waals surface area contributed by atoms with Crippen molar-refractivity contribution in [3.63, 3.8) is 0 Å². The Kier molecular flexibility index (Phi) is 7.83. The molecule has 0 spiro atoms. The molecule has 0 saturated carbocycles. The number of carbonyl (C=O) groups excluding carboxylic acids is 3. The molecule has 3 atom stereocenters. The maximum Gasteiger partial charge on any atom is 0.326 e. The Morgan fingerprint density at radius 2 is 1.77 bits per heavy atom. The Bertz CT molecular complexity index is 827. The highest BCUT2D eigenvalue weighted by Gasteiger charge is 2.41. The van der Waals surface area contributed by atoms with Gasteiger partial charge in [0.2, 0.25) is 11.8 Å². The van der Waals surface area contributed by atoms with Crippen LogP contribution in [0.3, 0.4) is 0 Å². The summed E-state index contributed by atoms with van der Waals surface area (Å²) in [6.07, 6.45) is 0.310. The first kappa shape index (κ1) is 23.7. The number of rotatable bonds is 8. The Balaban J connectivity index is 2.09. The summed E-state index contributed by atoms with van der Waals surface area (Å²) in [5.41, 5.74) is 0.252. The zero-order chi connectivity index (χ0) is 22.6. The van der Waals surface area contributed by atoms with E-state index in [4.69, 9.17) is 11.6 Å². The molecule has 1 aromatic rings. The molecule has 1 aliphatic heterocycles. The maximum absolute atomic E-state index is 12.8. The van der Waals surface area contributed by atoms with Crippen molar-refractivity contribution in [2.45, 2.75) is 52.2 Å². The van der Waals surface area contributed by atoms with E-state index in [0.29, 0.717) is 6.42 Å². The molecule has 0 aromatic heterocycles. The van der Waals surface area contributed by atoms with Crippen molar-refractivity contribution in [2.24, 2.45) is 11.8 Å². The van der Waals surface area contributed by atoms with Crippen molar-refractivity contribution in [1.29, 1.82) is 0 Å². The van der Waals surface area contributed by atoms with E-state index in [1.165, 1.54) is 4.90 Å². The van der Waals surface area contributed by atoms with E-state index in [2.05, 4.69) is 10.6 Å². The molecule has 3 amide bonds. The molecule has 3 N–H and O–H groups in total. The lowest BCUT2D eigenvalue weighted by Crippen LogP contribution is -2.54. The van der Waals surface area contributed by atoms with Crippen LogP contribution in [0.2, 0.25) is 5.02 Å². The Morgan fingerprint density at radius 3 is 2.30 bits per heavy atom. The number of nitrogens with zero attached hydrogens (tertiary/aromatic N) is 1. The number of carboxylic acids is 1. The molecule has 0 aliphatic carbocycles. The smallest absolute Gasteiger partial charge is 0.326 e. The summed E-state index contributed by atoms with van der Waals surface area (Å²) in [7, 11) is 0. The van der Waals surface area contributed by atoms with Crippen molar-refractivity contribution in [3.8, 4) is 0 Å². The number of amides is 3. The van der Waals surface area contributed by atoms with Crippen LogP contribution in [0.15, 0.2) is 24.3 Å². The van der Waals surface area contributed by atoms with Gasteiger partial charge in [-0.1, -0.05) is 51.4 Å². The van der Waals surface area contributed by atoms with E-state index in [1.54, 1.807) is 52.0 Å². The second-order valence-electron chi connectivity index (χ2n) is 8.08. The molecule has 1 aliphatic rings. The third-order valence-corrected chi connectivity index (χ3v) is 5.46. The SMILES string of the molecule is CC(C)C(NC(=O)c1ccccc1Cl)C(=O)NC1CCN(C(C(=O)O)C(C)C)C1=O. The predicted molar refractivity (Wildman–Crippen MR) is 112 cm³/mol. The van der Waals surface area contributed by atoms with Gasteiger partial charge in [-0.25, -0.2) is 4.79 Å². The number of hydrogen-bond donors (Lipinski definition) is 3. The van der Waals surface area contributed by atoms with Gasteiger partial charge in [-0.15, -0.1) is 0 Å². The van der Waals surface area contributed by atoms with E-state index >= 15 is 0 Å². The quantitative estimate of drug-likeness (QED) is 0.574. The fourth-order valence-electron chi connectivity index (χ4n) is 3.55. The monoisotopic (exact) mass is 437 g/mol. The van der Waals surface area contributed by atoms with Crippen molar-refractivity contribution < 1.29 is 24.3 Å². The van der Waals surface area contributed by atoms with Crippen LogP contribution in [0.4, 0.5) is 0 Å². The molecule has 30 heavy (non-hydrogen) atoms. The van der Waals surface area contributed by atoms with Gasteiger partial charge in [0.15, 0.2) is 0 Å². The van der Waals surface area contributed by atoms with Crippen LogP contribution < -0.4 is 10.6 Å². The van der Waals surface area contributed by atoms with Gasteiger partial charge in [0.1, 0.15) is 18.1 Å². The van der Waals surface area contributed by atoms with Crippen LogP contribution in [0.1, 0.15) is 44.5 Å². The third kappa shape index (κ3) is 5.30. The molecule has 1 saturated heterocycles. The summed E-state index contributed by atoms with van der Waals surface area (Å²) in [6, 6.07) is 3.87. The minimum atomic E-state index is -1.07. The highest BCUT2D eigenvalue weighted by atomic mass is 35.5. The van der Waals surface area contributed by atoms with Crippen LogP contribution in [0, 0.1) is 11.8 Å². The highest BCUT2D eigenvalue weighted by molar-refractivity contribution is 6.33. The van der Waals surface area contributed by atoms with Crippen LogP contribution >= 0.6 is 11.6 Å². The van der Waals surface area contributed by atoms with Crippen molar-refractivity contribution in [3.05, 3.63) is 34.9 Å². The molecular weight excluding hydrogens is 410 g/mol. The van der Waals surface area contributed by atoms with Crippen LogP contribution in [0.5, 0.6) is 0 Å². The van der Waals surface area contributed by atoms with Crippen LogP contribution in [-0.2, 0) is 14.4 Å². The van der Waals surface area contributed by atoms with E-state index < -0.39 is 41.8 Å². The molecule has 1 heterocycles. The average molecular weight is 438 g/mol. The highest BCUT2D eigenvalue weighted by Crippen LogP contribution is 2.21. The Hall–Kier alpha value is -2.61. The van der Waals surface area contributed by atoms with Crippen molar-refractivity contribution in [1.82, 2.24) is 15.5 Å². The lowest BCUT2D eigenvalue weighted by molar-refractivity contribution is -0.150. The van der Waals surface area contributed by atoms with Gasteiger partial charge < -0.3 is 20.6 Å². The second-order valence-corrected chi connectivity index (χ2v) is 8.49. The number of benzene rings is 1. The molecular formula is C21H28ClN3O5. The molecule has 1 aromatic carbocycles. The zero-order valence-electron chi connectivity index (χ0n) is 17.5. The first-order valence-electron chi connectivity index (χ1n) is 9.93. The van der Waals surface area contributed by atoms with Gasteiger partial charge in [0.05, 0.1) is 10.6 Å². The lowest BCUT2D eigenvalue weighted by atomic mass is 10.0. The van der Waals surface area contributed by atoms with Gasteiger partial charge in [0, 0.05) is 6.54 Å². The maximum atomic E-state index is 12.8. The van der Waals surface area contributed by atoms with Crippen molar-refractivity contribution >= 4 is 35.3 Å². The number of carbonyl (C=O) groups is 4. The first-order valence-corrected chi connectivity index (χ1v) is 10.3. The number of nitrogens with one attached hydrogen (secondary N) is 2. The molecule has 8 nitrogen and oxygen atoms in total. The van der Waals surface area contributed by atoms with Gasteiger partial charge >= 0.3 is 5.97 Å². The van der Waals surface area contributed by atoms with E-state index in [1.807, 2.05) is 0 Å². The van der Waals surface area contributed by atoms with Crippen LogP contribution in [-0.4, -0.2) is 58.4 Å². The van der Waals surface area contributed by atoms with Gasteiger partial charge in [0.25, 0.3) is 5.91 Å². The third-order valence-electron chi connectivity index (χ3n) is 5.13. The van der Waals surface area contributed by atoms with Gasteiger partial charge in [-0.2, -0.15) is 0 Å². The summed E-state index contributed by atoms with van der Waals surface area (Å²) in [6.45, 7) is 7.27. The first-order chi connectivity index (χ1) is 14.0. The topological polar surface area (TPSA) is 116 Å². The number of aliphatic carboxylic acids is 1. The molecule has 1 fully saturated rings. The summed E-state index contributed by atoms with van der Waals surface area (Å²) < 4.78 is 0. The summed E-state index contributed by atoms with van der Waals surface area (Å²) in [4.78, 5) is 51.0. The van der Waals surface area contributed by atoms with Gasteiger partial charge in [-0.05, 0) is 30.4 Å². The average Bonchev–Trinajstić information content (AvgIpc) is 2.99. The second kappa shape index (κ2) is 9.93. The zero-order valence-corrected chi connectivity index (χ0v) is 18.3. The minimum Gasteiger partial charge on any atom is -0.480 e. The summed E-state index contributed by atoms with van der Waals surface area (Å²) >= 11 is 6.06. The molecule has 3 unspecified atom stereocenters. The normalized spacial score (nSPS) is 18.4. The summed E-state index contributed by atoms with van der Waals surface area (Å²) in [5.74, 6) is -2.99. The number of carboxylic acid groups (broad SMARTS) is 1. The molecule has 164 valence electrons.